The van der Waals surface area contributed by atoms with E-state index >= 15 is 0 Å². The van der Waals surface area contributed by atoms with Crippen molar-refractivity contribution in [2.24, 2.45) is 11.7 Å². The molecule has 0 bridgehead atoms. The van der Waals surface area contributed by atoms with Gasteiger partial charge in [-0.25, -0.2) is 0 Å². The Balaban J connectivity index is 1.82. The van der Waals surface area contributed by atoms with Gasteiger partial charge in [-0.3, -0.25) is 9.78 Å². The van der Waals surface area contributed by atoms with Crippen LogP contribution >= 0.6 is 0 Å². The van der Waals surface area contributed by atoms with E-state index in [0.717, 1.165) is 32.4 Å². The molecular weight excluding hydrogens is 214 g/mol. The van der Waals surface area contributed by atoms with Crippen molar-refractivity contribution in [1.82, 2.24) is 9.88 Å². The first-order valence-corrected chi connectivity index (χ1v) is 6.16. The lowest BCUT2D eigenvalue weighted by Crippen LogP contribution is -2.41. The summed E-state index contributed by atoms with van der Waals surface area (Å²) in [7, 11) is 0. The van der Waals surface area contributed by atoms with Crippen molar-refractivity contribution in [2.75, 3.05) is 19.6 Å². The van der Waals surface area contributed by atoms with E-state index in [0.29, 0.717) is 5.92 Å². The highest BCUT2D eigenvalue weighted by atomic mass is 16.2. The predicted octanol–water partition coefficient (Wildman–Crippen LogP) is 0.821. The van der Waals surface area contributed by atoms with Crippen molar-refractivity contribution in [3.8, 4) is 0 Å². The number of nitrogens with zero attached hydrogens (tertiary/aromatic N) is 2. The molecule has 2 heterocycles. The number of carbonyl (C=O) groups is 1. The number of pyridine rings is 1. The van der Waals surface area contributed by atoms with Crippen LogP contribution in [0.1, 0.15) is 18.4 Å². The van der Waals surface area contributed by atoms with Gasteiger partial charge in [0.2, 0.25) is 5.91 Å². The van der Waals surface area contributed by atoms with E-state index in [2.05, 4.69) is 17.1 Å². The Morgan fingerprint density at radius 2 is 2.00 bits per heavy atom. The van der Waals surface area contributed by atoms with Gasteiger partial charge in [0.1, 0.15) is 0 Å². The highest BCUT2D eigenvalue weighted by Crippen LogP contribution is 2.21. The van der Waals surface area contributed by atoms with Crippen molar-refractivity contribution in [2.45, 2.75) is 19.3 Å². The minimum Gasteiger partial charge on any atom is -0.342 e. The van der Waals surface area contributed by atoms with E-state index in [1.165, 1.54) is 5.56 Å². The third-order valence-electron chi connectivity index (χ3n) is 3.42. The normalized spacial score (nSPS) is 17.1. The van der Waals surface area contributed by atoms with Gasteiger partial charge < -0.3 is 10.6 Å². The molecule has 0 saturated carbocycles. The number of piperidine rings is 1. The first-order chi connectivity index (χ1) is 8.29. The number of hydrogen-bond acceptors (Lipinski definition) is 3. The van der Waals surface area contributed by atoms with Gasteiger partial charge in [-0.05, 0) is 42.9 Å². The Bertz CT molecular complexity index is 358. The molecule has 0 aromatic carbocycles. The topological polar surface area (TPSA) is 59.2 Å². The lowest BCUT2D eigenvalue weighted by atomic mass is 9.90. The number of amides is 1. The van der Waals surface area contributed by atoms with E-state index in [1.807, 2.05) is 17.3 Å². The Labute approximate surface area is 102 Å². The van der Waals surface area contributed by atoms with Gasteiger partial charge in [0.25, 0.3) is 0 Å². The fraction of sp³-hybridized carbons (Fsp3) is 0.538. The lowest BCUT2D eigenvalue weighted by Gasteiger charge is -2.31. The molecule has 0 unspecified atom stereocenters. The molecule has 1 amide bonds. The van der Waals surface area contributed by atoms with Crippen LogP contribution in [0.5, 0.6) is 0 Å². The summed E-state index contributed by atoms with van der Waals surface area (Å²) in [6.07, 6.45) is 6.92. The minimum absolute atomic E-state index is 0.0763. The van der Waals surface area contributed by atoms with E-state index < -0.39 is 0 Å². The molecule has 1 aromatic heterocycles. The summed E-state index contributed by atoms with van der Waals surface area (Å²) >= 11 is 0. The summed E-state index contributed by atoms with van der Waals surface area (Å²) < 4.78 is 0. The number of nitrogens with two attached hydrogens (primary N) is 1. The third-order valence-corrected chi connectivity index (χ3v) is 3.42. The summed E-state index contributed by atoms with van der Waals surface area (Å²) in [5, 5.41) is 0. The van der Waals surface area contributed by atoms with Crippen molar-refractivity contribution in [3.63, 3.8) is 0 Å². The largest absolute Gasteiger partial charge is 0.342 e. The van der Waals surface area contributed by atoms with E-state index in [9.17, 15) is 4.79 Å². The summed E-state index contributed by atoms with van der Waals surface area (Å²) in [6.45, 7) is 1.84. The summed E-state index contributed by atoms with van der Waals surface area (Å²) in [6, 6.07) is 4.13. The van der Waals surface area contributed by atoms with Crippen LogP contribution < -0.4 is 5.73 Å². The molecule has 4 heteroatoms. The maximum Gasteiger partial charge on any atom is 0.236 e. The van der Waals surface area contributed by atoms with Crippen LogP contribution in [0.15, 0.2) is 24.5 Å². The zero-order valence-electron chi connectivity index (χ0n) is 10.0. The van der Waals surface area contributed by atoms with Crippen LogP contribution in [0.4, 0.5) is 0 Å². The number of hydrogen-bond donors (Lipinski definition) is 1. The zero-order chi connectivity index (χ0) is 12.1. The highest BCUT2D eigenvalue weighted by molar-refractivity contribution is 5.78. The molecule has 4 nitrogen and oxygen atoms in total. The summed E-state index contributed by atoms with van der Waals surface area (Å²) in [4.78, 5) is 17.3. The van der Waals surface area contributed by atoms with Crippen LogP contribution in [0.2, 0.25) is 0 Å². The van der Waals surface area contributed by atoms with Crippen molar-refractivity contribution < 1.29 is 4.79 Å². The molecule has 0 atom stereocenters. The molecule has 1 aliphatic rings. The van der Waals surface area contributed by atoms with Crippen LogP contribution in [-0.2, 0) is 11.2 Å². The maximum absolute atomic E-state index is 11.4. The first-order valence-electron chi connectivity index (χ1n) is 6.16. The summed E-state index contributed by atoms with van der Waals surface area (Å²) in [5.41, 5.74) is 6.70. The second-order valence-electron chi connectivity index (χ2n) is 4.59. The Morgan fingerprint density at radius 1 is 1.35 bits per heavy atom. The van der Waals surface area contributed by atoms with Gasteiger partial charge in [-0.15, -0.1) is 0 Å². The first kappa shape index (κ1) is 12.0. The minimum atomic E-state index is 0.0763. The van der Waals surface area contributed by atoms with Crippen molar-refractivity contribution >= 4 is 5.91 Å². The number of likely N-dealkylation sites (tertiary alicyclic amines) is 1. The van der Waals surface area contributed by atoms with Crippen molar-refractivity contribution in [1.29, 1.82) is 0 Å². The Morgan fingerprint density at radius 3 is 2.59 bits per heavy atom. The Kier molecular flexibility index (Phi) is 4.09. The highest BCUT2D eigenvalue weighted by Gasteiger charge is 2.21. The van der Waals surface area contributed by atoms with E-state index in [1.54, 1.807) is 0 Å². The second kappa shape index (κ2) is 5.77. The standard InChI is InChI=1S/C13H19N3O/c14-10-13(17)16-7-3-12(4-8-16)9-11-1-5-15-6-2-11/h1-2,5-6,12H,3-4,7-10,14H2. The average Bonchev–Trinajstić information content (AvgIpc) is 2.40. The molecule has 17 heavy (non-hydrogen) atoms. The van der Waals surface area contributed by atoms with Gasteiger partial charge in [-0.1, -0.05) is 0 Å². The lowest BCUT2D eigenvalue weighted by molar-refractivity contribution is -0.131. The molecule has 0 aliphatic carbocycles. The maximum atomic E-state index is 11.4. The fourth-order valence-electron chi connectivity index (χ4n) is 2.37. The van der Waals surface area contributed by atoms with Crippen LogP contribution in [0.3, 0.4) is 0 Å². The Hall–Kier alpha value is -1.42. The van der Waals surface area contributed by atoms with E-state index in [-0.39, 0.29) is 12.5 Å². The molecule has 0 radical (unpaired) electrons. The van der Waals surface area contributed by atoms with Gasteiger partial charge >= 0.3 is 0 Å². The number of carbonyl (C=O) groups excluding carboxylic acids is 1. The molecule has 2 N–H and O–H groups in total. The molecule has 1 fully saturated rings. The van der Waals surface area contributed by atoms with Crippen LogP contribution in [0.25, 0.3) is 0 Å². The SMILES string of the molecule is NCC(=O)N1CCC(Cc2ccncc2)CC1. The second-order valence-corrected chi connectivity index (χ2v) is 4.59. The number of rotatable bonds is 3. The molecule has 92 valence electrons. The smallest absolute Gasteiger partial charge is 0.236 e. The number of aromatic nitrogens is 1. The molecule has 1 aliphatic heterocycles. The van der Waals surface area contributed by atoms with E-state index in [4.69, 9.17) is 5.73 Å². The summed E-state index contributed by atoms with van der Waals surface area (Å²) in [5.74, 6) is 0.756. The molecule has 0 spiro atoms. The predicted molar refractivity (Wildman–Crippen MR) is 66.3 cm³/mol. The molecular formula is C13H19N3O. The quantitative estimate of drug-likeness (QED) is 0.841. The fourth-order valence-corrected chi connectivity index (χ4v) is 2.37. The monoisotopic (exact) mass is 233 g/mol. The van der Waals surface area contributed by atoms with Gasteiger partial charge in [0, 0.05) is 25.5 Å². The van der Waals surface area contributed by atoms with Crippen LogP contribution in [-0.4, -0.2) is 35.4 Å². The van der Waals surface area contributed by atoms with Gasteiger partial charge in [0.15, 0.2) is 0 Å². The van der Waals surface area contributed by atoms with Crippen LogP contribution in [0, 0.1) is 5.92 Å². The van der Waals surface area contributed by atoms with Gasteiger partial charge in [-0.2, -0.15) is 0 Å². The van der Waals surface area contributed by atoms with Gasteiger partial charge in [0.05, 0.1) is 6.54 Å². The third kappa shape index (κ3) is 3.27. The average molecular weight is 233 g/mol. The molecule has 1 saturated heterocycles. The zero-order valence-corrected chi connectivity index (χ0v) is 10.0. The molecule has 2 rings (SSSR count). The molecule has 1 aromatic rings. The van der Waals surface area contributed by atoms with Crippen molar-refractivity contribution in [3.05, 3.63) is 30.1 Å².